The number of aromatic carboxylic acids is 1. The maximum Gasteiger partial charge on any atom is 0.335 e. The van der Waals surface area contributed by atoms with Gasteiger partial charge >= 0.3 is 5.97 Å². The zero-order chi connectivity index (χ0) is 22.5. The molecule has 1 fully saturated rings. The molecule has 1 N–H and O–H groups in total. The van der Waals surface area contributed by atoms with E-state index in [4.69, 9.17) is 9.84 Å². The Labute approximate surface area is 185 Å². The number of ether oxygens (including phenoxy) is 1. The summed E-state index contributed by atoms with van der Waals surface area (Å²) in [5.41, 5.74) is 0.421. The fourth-order valence-electron chi connectivity index (χ4n) is 3.80. The quantitative estimate of drug-likeness (QED) is 0.646. The normalized spacial score (nSPS) is 13.8. The van der Waals surface area contributed by atoms with Gasteiger partial charge in [0.2, 0.25) is 5.91 Å². The predicted molar refractivity (Wildman–Crippen MR) is 120 cm³/mol. The zero-order valence-electron chi connectivity index (χ0n) is 17.6. The number of piperazine rings is 1. The van der Waals surface area contributed by atoms with Gasteiger partial charge in [-0.25, -0.2) is 4.79 Å². The van der Waals surface area contributed by atoms with Crippen LogP contribution >= 0.6 is 0 Å². The van der Waals surface area contributed by atoms with E-state index in [-0.39, 0.29) is 30.4 Å². The third-order valence-corrected chi connectivity index (χ3v) is 5.58. The van der Waals surface area contributed by atoms with E-state index in [0.29, 0.717) is 31.7 Å². The second-order valence-electron chi connectivity index (χ2n) is 7.67. The number of rotatable bonds is 6. The number of carboxylic acid groups (broad SMARTS) is 1. The summed E-state index contributed by atoms with van der Waals surface area (Å²) in [4.78, 5) is 39.7. The summed E-state index contributed by atoms with van der Waals surface area (Å²) in [5.74, 6) is -0.568. The standard InChI is InChI=1S/C25H24N2O5/c28-23(10-15-32-22-9-8-18-4-1-2-5-19(18)17-22)26-11-13-27(14-12-26)24(29)20-6-3-7-21(16-20)25(30)31/h1-9,16-17H,10-15H2,(H,30,31). The molecule has 0 aromatic heterocycles. The third kappa shape index (κ3) is 4.88. The number of hydrogen-bond donors (Lipinski definition) is 1. The lowest BCUT2D eigenvalue weighted by Gasteiger charge is -2.35. The Hall–Kier alpha value is -3.87. The zero-order valence-corrected chi connectivity index (χ0v) is 17.6. The first-order valence-electron chi connectivity index (χ1n) is 10.5. The van der Waals surface area contributed by atoms with Crippen molar-refractivity contribution < 1.29 is 24.2 Å². The Kier molecular flexibility index (Phi) is 6.35. The lowest BCUT2D eigenvalue weighted by Crippen LogP contribution is -2.50. The molecule has 0 radical (unpaired) electrons. The second-order valence-corrected chi connectivity index (χ2v) is 7.67. The number of carbonyl (C=O) groups excluding carboxylic acids is 2. The number of benzene rings is 3. The first kappa shape index (κ1) is 21.4. The monoisotopic (exact) mass is 432 g/mol. The average Bonchev–Trinajstić information content (AvgIpc) is 2.83. The second kappa shape index (κ2) is 9.51. The molecule has 0 bridgehead atoms. The Morgan fingerprint density at radius 3 is 2.22 bits per heavy atom. The van der Waals surface area contributed by atoms with Gasteiger partial charge in [0.05, 0.1) is 18.6 Å². The molecular weight excluding hydrogens is 408 g/mol. The van der Waals surface area contributed by atoms with E-state index in [1.165, 1.54) is 12.1 Å². The molecule has 1 heterocycles. The molecule has 32 heavy (non-hydrogen) atoms. The van der Waals surface area contributed by atoms with Crippen LogP contribution in [0.1, 0.15) is 27.1 Å². The number of hydrogen-bond acceptors (Lipinski definition) is 4. The van der Waals surface area contributed by atoms with Crippen LogP contribution in [0, 0.1) is 0 Å². The van der Waals surface area contributed by atoms with E-state index in [0.717, 1.165) is 16.5 Å². The fraction of sp³-hybridized carbons (Fsp3) is 0.240. The van der Waals surface area contributed by atoms with Gasteiger partial charge in [-0.3, -0.25) is 9.59 Å². The maximum atomic E-state index is 12.7. The fourth-order valence-corrected chi connectivity index (χ4v) is 3.80. The summed E-state index contributed by atoms with van der Waals surface area (Å²) < 4.78 is 5.76. The van der Waals surface area contributed by atoms with Gasteiger partial charge in [0.1, 0.15) is 5.75 Å². The predicted octanol–water partition coefficient (Wildman–Crippen LogP) is 3.29. The molecule has 0 aliphatic carbocycles. The molecule has 2 amide bonds. The van der Waals surface area contributed by atoms with Gasteiger partial charge in [0.25, 0.3) is 5.91 Å². The lowest BCUT2D eigenvalue weighted by atomic mass is 10.1. The highest BCUT2D eigenvalue weighted by molar-refractivity contribution is 5.97. The molecule has 3 aromatic carbocycles. The van der Waals surface area contributed by atoms with Crippen LogP contribution in [0.2, 0.25) is 0 Å². The van der Waals surface area contributed by atoms with E-state index in [1.54, 1.807) is 21.9 Å². The molecule has 4 rings (SSSR count). The highest BCUT2D eigenvalue weighted by Crippen LogP contribution is 2.20. The number of carboxylic acids is 1. The summed E-state index contributed by atoms with van der Waals surface area (Å²) >= 11 is 0. The Bertz CT molecular complexity index is 1150. The van der Waals surface area contributed by atoms with Gasteiger partial charge < -0.3 is 19.6 Å². The highest BCUT2D eigenvalue weighted by atomic mass is 16.5. The van der Waals surface area contributed by atoms with Crippen molar-refractivity contribution in [3.63, 3.8) is 0 Å². The summed E-state index contributed by atoms with van der Waals surface area (Å²) in [6.07, 6.45) is 0.265. The molecule has 0 spiro atoms. The highest BCUT2D eigenvalue weighted by Gasteiger charge is 2.25. The van der Waals surface area contributed by atoms with E-state index in [1.807, 2.05) is 42.5 Å². The molecule has 164 valence electrons. The molecule has 1 aliphatic heterocycles. The van der Waals surface area contributed by atoms with Crippen LogP contribution in [-0.2, 0) is 4.79 Å². The first-order valence-corrected chi connectivity index (χ1v) is 10.5. The average molecular weight is 432 g/mol. The van der Waals surface area contributed by atoms with Gasteiger partial charge in [0, 0.05) is 31.7 Å². The van der Waals surface area contributed by atoms with Crippen LogP contribution in [-0.4, -0.2) is 65.5 Å². The van der Waals surface area contributed by atoms with E-state index >= 15 is 0 Å². The Balaban J connectivity index is 1.25. The molecule has 1 aliphatic rings. The van der Waals surface area contributed by atoms with Crippen molar-refractivity contribution in [1.29, 1.82) is 0 Å². The molecule has 0 atom stereocenters. The van der Waals surface area contributed by atoms with Gasteiger partial charge in [0.15, 0.2) is 0 Å². The van der Waals surface area contributed by atoms with E-state index in [9.17, 15) is 14.4 Å². The number of carbonyl (C=O) groups is 3. The summed E-state index contributed by atoms with van der Waals surface area (Å²) in [5, 5.41) is 11.3. The summed E-state index contributed by atoms with van der Waals surface area (Å²) in [6.45, 7) is 2.00. The van der Waals surface area contributed by atoms with Crippen molar-refractivity contribution in [3.05, 3.63) is 77.9 Å². The molecule has 1 saturated heterocycles. The topological polar surface area (TPSA) is 87.2 Å². The van der Waals surface area contributed by atoms with Crippen LogP contribution in [0.5, 0.6) is 5.75 Å². The molecule has 3 aromatic rings. The molecule has 7 heteroatoms. The van der Waals surface area contributed by atoms with Crippen molar-refractivity contribution in [3.8, 4) is 5.75 Å². The molecule has 0 saturated carbocycles. The van der Waals surface area contributed by atoms with Crippen molar-refractivity contribution in [2.45, 2.75) is 6.42 Å². The van der Waals surface area contributed by atoms with Crippen molar-refractivity contribution in [2.75, 3.05) is 32.8 Å². The smallest absolute Gasteiger partial charge is 0.335 e. The van der Waals surface area contributed by atoms with Crippen LogP contribution in [0.25, 0.3) is 10.8 Å². The third-order valence-electron chi connectivity index (χ3n) is 5.58. The van der Waals surface area contributed by atoms with Gasteiger partial charge in [-0.15, -0.1) is 0 Å². The molecule has 0 unspecified atom stereocenters. The number of fused-ring (bicyclic) bond motifs is 1. The number of amides is 2. The van der Waals surface area contributed by atoms with Crippen molar-refractivity contribution in [2.24, 2.45) is 0 Å². The van der Waals surface area contributed by atoms with E-state index < -0.39 is 5.97 Å². The summed E-state index contributed by atoms with van der Waals surface area (Å²) in [7, 11) is 0. The minimum Gasteiger partial charge on any atom is -0.493 e. The number of nitrogens with zero attached hydrogens (tertiary/aromatic N) is 2. The van der Waals surface area contributed by atoms with Crippen LogP contribution in [0.3, 0.4) is 0 Å². The SMILES string of the molecule is O=C(O)c1cccc(C(=O)N2CCN(C(=O)CCOc3ccc4ccccc4c3)CC2)c1. The van der Waals surface area contributed by atoms with E-state index in [2.05, 4.69) is 0 Å². The first-order chi connectivity index (χ1) is 15.5. The Morgan fingerprint density at radius 2 is 1.47 bits per heavy atom. The van der Waals surface area contributed by atoms with Crippen LogP contribution in [0.4, 0.5) is 0 Å². The molecular formula is C25H24N2O5. The van der Waals surface area contributed by atoms with Crippen LogP contribution < -0.4 is 4.74 Å². The Morgan fingerprint density at radius 1 is 0.781 bits per heavy atom. The minimum atomic E-state index is -1.07. The van der Waals surface area contributed by atoms with Crippen molar-refractivity contribution in [1.82, 2.24) is 9.80 Å². The largest absolute Gasteiger partial charge is 0.493 e. The van der Waals surface area contributed by atoms with Gasteiger partial charge in [-0.2, -0.15) is 0 Å². The van der Waals surface area contributed by atoms with Gasteiger partial charge in [-0.1, -0.05) is 36.4 Å². The van der Waals surface area contributed by atoms with Crippen LogP contribution in [0.15, 0.2) is 66.7 Å². The van der Waals surface area contributed by atoms with Crippen molar-refractivity contribution >= 4 is 28.6 Å². The minimum absolute atomic E-state index is 0.00855. The summed E-state index contributed by atoms with van der Waals surface area (Å²) in [6, 6.07) is 19.9. The van der Waals surface area contributed by atoms with Gasteiger partial charge in [-0.05, 0) is 41.1 Å². The lowest BCUT2D eigenvalue weighted by molar-refractivity contribution is -0.133. The molecule has 7 nitrogen and oxygen atoms in total. The maximum absolute atomic E-state index is 12.7.